The standard InChI is InChI=1S/C30H61NO4Si2/c1-23(28(32)33-9)18-15-14-16-19-25-27(24(2)22-34-36(10,11)29(3,4)5)26(20-17-21-31-25)35-37(12,13)30(6,7)8/h14-15,23-27,31H,16-22H2,1-13H3/b15-14-/t23-,24+,25-,26+,27+/m0/s1. The van der Waals surface area contributed by atoms with E-state index in [1.165, 1.54) is 7.11 Å². The molecule has 0 aromatic rings. The predicted molar refractivity (Wildman–Crippen MR) is 163 cm³/mol. The van der Waals surface area contributed by atoms with Gasteiger partial charge in [0, 0.05) is 24.7 Å². The first-order valence-electron chi connectivity index (χ1n) is 14.6. The predicted octanol–water partition coefficient (Wildman–Crippen LogP) is 7.94. The largest absolute Gasteiger partial charge is 0.469 e. The van der Waals surface area contributed by atoms with E-state index in [2.05, 4.69) is 92.1 Å². The molecule has 7 heteroatoms. The number of carbonyl (C=O) groups excluding carboxylic acids is 1. The van der Waals surface area contributed by atoms with Crippen molar-refractivity contribution in [2.24, 2.45) is 17.8 Å². The summed E-state index contributed by atoms with van der Waals surface area (Å²) in [7, 11) is -2.28. The van der Waals surface area contributed by atoms with Crippen LogP contribution in [0.1, 0.15) is 87.5 Å². The van der Waals surface area contributed by atoms with E-state index in [1.807, 2.05) is 6.92 Å². The monoisotopic (exact) mass is 555 g/mol. The van der Waals surface area contributed by atoms with Gasteiger partial charge in [0.15, 0.2) is 16.6 Å². The molecule has 0 amide bonds. The summed E-state index contributed by atoms with van der Waals surface area (Å²) in [6.45, 7) is 29.6. The van der Waals surface area contributed by atoms with Gasteiger partial charge in [-0.25, -0.2) is 0 Å². The van der Waals surface area contributed by atoms with E-state index in [-0.39, 0.29) is 28.1 Å². The van der Waals surface area contributed by atoms with Gasteiger partial charge < -0.3 is 18.9 Å². The Morgan fingerprint density at radius 1 is 1.00 bits per heavy atom. The first-order valence-corrected chi connectivity index (χ1v) is 20.4. The van der Waals surface area contributed by atoms with Gasteiger partial charge in [0.2, 0.25) is 0 Å². The van der Waals surface area contributed by atoms with E-state index < -0.39 is 16.6 Å². The molecule has 1 aliphatic rings. The van der Waals surface area contributed by atoms with Crippen LogP contribution in [0.5, 0.6) is 0 Å². The minimum Gasteiger partial charge on any atom is -0.469 e. The number of carbonyl (C=O) groups is 1. The molecule has 0 spiro atoms. The second-order valence-corrected chi connectivity index (χ2v) is 24.0. The molecule has 37 heavy (non-hydrogen) atoms. The Hall–Kier alpha value is -0.476. The maximum Gasteiger partial charge on any atom is 0.308 e. The number of hydrogen-bond acceptors (Lipinski definition) is 5. The van der Waals surface area contributed by atoms with Crippen LogP contribution in [0.4, 0.5) is 0 Å². The van der Waals surface area contributed by atoms with Crippen LogP contribution < -0.4 is 5.32 Å². The van der Waals surface area contributed by atoms with Crippen molar-refractivity contribution in [2.45, 2.75) is 136 Å². The molecule has 0 unspecified atom stereocenters. The third kappa shape index (κ3) is 10.5. The third-order valence-electron chi connectivity index (χ3n) is 9.29. The summed E-state index contributed by atoms with van der Waals surface area (Å²) in [6.07, 6.45) is 9.67. The SMILES string of the molecule is COC(=O)[C@@H](C)C/C=C\CC[C@@H]1NCCC[C@@H](O[Si](C)(C)C(C)(C)C)[C@@H]1[C@H](C)CO[Si](C)(C)C(C)(C)C. The van der Waals surface area contributed by atoms with Crippen molar-refractivity contribution < 1.29 is 18.4 Å². The first kappa shape index (κ1) is 34.6. The van der Waals surface area contributed by atoms with Crippen molar-refractivity contribution in [3.05, 3.63) is 12.2 Å². The zero-order chi connectivity index (χ0) is 28.7. The molecule has 1 saturated heterocycles. The van der Waals surface area contributed by atoms with Crippen LogP contribution in [-0.4, -0.2) is 55.0 Å². The molecule has 0 aromatic heterocycles. The lowest BCUT2D eigenvalue weighted by molar-refractivity contribution is -0.144. The molecule has 5 nitrogen and oxygen atoms in total. The van der Waals surface area contributed by atoms with E-state index in [9.17, 15) is 4.79 Å². The molecule has 0 aliphatic carbocycles. The Balaban J connectivity index is 3.09. The average molecular weight is 556 g/mol. The summed E-state index contributed by atoms with van der Waals surface area (Å²) >= 11 is 0. The van der Waals surface area contributed by atoms with Crippen molar-refractivity contribution in [1.29, 1.82) is 0 Å². The third-order valence-corrected chi connectivity index (χ3v) is 18.3. The van der Waals surface area contributed by atoms with E-state index in [0.717, 1.165) is 45.3 Å². The fraction of sp³-hybridized carbons (Fsp3) is 0.900. The molecule has 1 N–H and O–H groups in total. The molecule has 1 rings (SSSR count). The van der Waals surface area contributed by atoms with Gasteiger partial charge >= 0.3 is 5.97 Å². The van der Waals surface area contributed by atoms with Crippen LogP contribution >= 0.6 is 0 Å². The molecular formula is C30H61NO4Si2. The molecule has 0 bridgehead atoms. The van der Waals surface area contributed by atoms with Crippen LogP contribution in [0.25, 0.3) is 0 Å². The van der Waals surface area contributed by atoms with Crippen molar-refractivity contribution in [1.82, 2.24) is 5.32 Å². The second kappa shape index (κ2) is 14.2. The number of nitrogens with one attached hydrogen (secondary N) is 1. The minimum atomic E-state index is -1.91. The van der Waals surface area contributed by atoms with Gasteiger partial charge in [0.05, 0.1) is 13.0 Å². The molecule has 1 fully saturated rings. The van der Waals surface area contributed by atoms with Gasteiger partial charge in [0.25, 0.3) is 0 Å². The zero-order valence-corrected chi connectivity index (χ0v) is 28.6. The van der Waals surface area contributed by atoms with Crippen LogP contribution in [0.2, 0.25) is 36.3 Å². The molecule has 0 aromatic carbocycles. The van der Waals surface area contributed by atoms with Gasteiger partial charge in [-0.05, 0) is 80.8 Å². The number of hydrogen-bond donors (Lipinski definition) is 1. The van der Waals surface area contributed by atoms with Crippen molar-refractivity contribution in [3.8, 4) is 0 Å². The second-order valence-electron chi connectivity index (χ2n) is 14.5. The van der Waals surface area contributed by atoms with Crippen LogP contribution in [0.3, 0.4) is 0 Å². The summed E-state index contributed by atoms with van der Waals surface area (Å²) < 4.78 is 18.8. The highest BCUT2D eigenvalue weighted by Crippen LogP contribution is 2.42. The quantitative estimate of drug-likeness (QED) is 0.150. The van der Waals surface area contributed by atoms with Crippen molar-refractivity contribution >= 4 is 22.6 Å². The molecule has 0 radical (unpaired) electrons. The average Bonchev–Trinajstić information content (AvgIpc) is 2.96. The number of esters is 1. The molecule has 5 atom stereocenters. The van der Waals surface area contributed by atoms with E-state index in [0.29, 0.717) is 17.9 Å². The van der Waals surface area contributed by atoms with Gasteiger partial charge in [-0.1, -0.05) is 67.5 Å². The fourth-order valence-corrected chi connectivity index (χ4v) is 7.09. The highest BCUT2D eigenvalue weighted by Gasteiger charge is 2.45. The highest BCUT2D eigenvalue weighted by atomic mass is 28.4. The maximum atomic E-state index is 11.7. The lowest BCUT2D eigenvalue weighted by atomic mass is 9.80. The lowest BCUT2D eigenvalue weighted by Gasteiger charge is -2.45. The number of allylic oxidation sites excluding steroid dienone is 2. The van der Waals surface area contributed by atoms with Crippen LogP contribution in [0, 0.1) is 17.8 Å². The van der Waals surface area contributed by atoms with Gasteiger partial charge in [-0.2, -0.15) is 0 Å². The van der Waals surface area contributed by atoms with Crippen molar-refractivity contribution in [3.63, 3.8) is 0 Å². The number of ether oxygens (including phenoxy) is 1. The molecular weight excluding hydrogens is 495 g/mol. The normalized spacial score (nSPS) is 24.1. The number of rotatable bonds is 12. The van der Waals surface area contributed by atoms with Crippen molar-refractivity contribution in [2.75, 3.05) is 20.3 Å². The Morgan fingerprint density at radius 3 is 2.14 bits per heavy atom. The van der Waals surface area contributed by atoms with Crippen LogP contribution in [0.15, 0.2) is 12.2 Å². The minimum absolute atomic E-state index is 0.0973. The summed E-state index contributed by atoms with van der Waals surface area (Å²) in [5.41, 5.74) is 0. The smallest absolute Gasteiger partial charge is 0.308 e. The van der Waals surface area contributed by atoms with E-state index in [4.69, 9.17) is 13.6 Å². The fourth-order valence-electron chi connectivity index (χ4n) is 4.59. The van der Waals surface area contributed by atoms with Gasteiger partial charge in [0.1, 0.15) is 0 Å². The summed E-state index contributed by atoms with van der Waals surface area (Å²) in [4.78, 5) is 11.7. The Bertz CT molecular complexity index is 724. The Labute approximate surface area is 232 Å². The zero-order valence-electron chi connectivity index (χ0n) is 26.6. The Morgan fingerprint density at radius 2 is 1.59 bits per heavy atom. The summed E-state index contributed by atoms with van der Waals surface area (Å²) in [6, 6.07) is 0.387. The maximum absolute atomic E-state index is 11.7. The van der Waals surface area contributed by atoms with E-state index in [1.54, 1.807) is 0 Å². The molecule has 1 heterocycles. The Kier molecular flexibility index (Phi) is 13.3. The topological polar surface area (TPSA) is 56.8 Å². The number of methoxy groups -OCH3 is 1. The van der Waals surface area contributed by atoms with Gasteiger partial charge in [-0.15, -0.1) is 0 Å². The molecule has 218 valence electrons. The molecule has 0 saturated carbocycles. The highest BCUT2D eigenvalue weighted by molar-refractivity contribution is 6.74. The van der Waals surface area contributed by atoms with Gasteiger partial charge in [-0.3, -0.25) is 4.79 Å². The van der Waals surface area contributed by atoms with E-state index >= 15 is 0 Å². The lowest BCUT2D eigenvalue weighted by Crippen LogP contribution is -2.51. The van der Waals surface area contributed by atoms with Crippen LogP contribution in [-0.2, 0) is 18.4 Å². The molecule has 1 aliphatic heterocycles. The summed E-state index contributed by atoms with van der Waals surface area (Å²) in [5, 5.41) is 4.30. The first-order chi connectivity index (χ1) is 16.8. The summed E-state index contributed by atoms with van der Waals surface area (Å²) in [5.74, 6) is 0.572.